The van der Waals surface area contributed by atoms with Crippen LogP contribution in [0.15, 0.2) is 24.3 Å². The number of tetrazole rings is 1. The molecule has 15 heavy (non-hydrogen) atoms. The normalized spacial score (nSPS) is 10.2. The van der Waals surface area contributed by atoms with Crippen LogP contribution in [-0.4, -0.2) is 25.1 Å². The molecule has 0 atom stereocenters. The number of hydrogen-bond acceptors (Lipinski definition) is 5. The number of halogens is 1. The highest BCUT2D eigenvalue weighted by Gasteiger charge is 2.10. The second-order valence-corrected chi connectivity index (χ2v) is 2.97. The van der Waals surface area contributed by atoms with Crippen LogP contribution in [0.3, 0.4) is 0 Å². The van der Waals surface area contributed by atoms with Crippen molar-refractivity contribution >= 4 is 17.3 Å². The van der Waals surface area contributed by atoms with E-state index in [1.54, 1.807) is 6.07 Å². The summed E-state index contributed by atoms with van der Waals surface area (Å²) in [6, 6.07) is 5.87. The fraction of sp³-hybridized carbons (Fsp3) is 0. The van der Waals surface area contributed by atoms with E-state index in [0.717, 1.165) is 0 Å². The molecule has 1 aromatic carbocycles. The number of aromatic nitrogens is 4. The first-order valence-corrected chi connectivity index (χ1v) is 4.25. The van der Waals surface area contributed by atoms with Crippen LogP contribution in [0.5, 0.6) is 0 Å². The predicted molar refractivity (Wildman–Crippen MR) is 50.8 cm³/mol. The van der Waals surface area contributed by atoms with Crippen molar-refractivity contribution in [2.45, 2.75) is 0 Å². The molecule has 8 heteroatoms. The van der Waals surface area contributed by atoms with E-state index in [2.05, 4.69) is 15.5 Å². The first-order valence-electron chi connectivity index (χ1n) is 3.87. The number of non-ortho nitro benzene ring substituents is 1. The van der Waals surface area contributed by atoms with Gasteiger partial charge in [0.25, 0.3) is 5.69 Å². The lowest BCUT2D eigenvalue weighted by atomic mass is 10.3. The van der Waals surface area contributed by atoms with Gasteiger partial charge >= 0.3 is 0 Å². The molecule has 0 saturated carbocycles. The summed E-state index contributed by atoms with van der Waals surface area (Å²) in [6.45, 7) is 0. The fourth-order valence-electron chi connectivity index (χ4n) is 1.07. The minimum Gasteiger partial charge on any atom is -0.258 e. The summed E-state index contributed by atoms with van der Waals surface area (Å²) >= 11 is 5.66. The average molecular weight is 226 g/mol. The molecule has 0 N–H and O–H groups in total. The number of hydrogen-bond donors (Lipinski definition) is 0. The number of nitrogens with zero attached hydrogens (tertiary/aromatic N) is 5. The third-order valence-corrected chi connectivity index (χ3v) is 1.95. The Hall–Kier alpha value is -2.02. The average Bonchev–Trinajstić information content (AvgIpc) is 2.64. The van der Waals surface area contributed by atoms with E-state index < -0.39 is 4.92 Å². The molecule has 0 aliphatic rings. The van der Waals surface area contributed by atoms with E-state index in [1.807, 2.05) is 0 Å². The standard InChI is InChI=1S/C7H4ClN5O2/c8-7-9-10-11-12(7)5-2-1-3-6(4-5)13(14)15/h1-4H. The molecule has 7 nitrogen and oxygen atoms in total. The van der Waals surface area contributed by atoms with Gasteiger partial charge in [-0.05, 0) is 28.1 Å². The van der Waals surface area contributed by atoms with Gasteiger partial charge in [0.2, 0.25) is 5.28 Å². The molecule has 1 heterocycles. The van der Waals surface area contributed by atoms with Crippen molar-refractivity contribution in [1.82, 2.24) is 20.2 Å². The number of benzene rings is 1. The van der Waals surface area contributed by atoms with Crippen molar-refractivity contribution < 1.29 is 4.92 Å². The van der Waals surface area contributed by atoms with Crippen molar-refractivity contribution in [2.24, 2.45) is 0 Å². The predicted octanol–water partition coefficient (Wildman–Crippen LogP) is 1.22. The zero-order valence-corrected chi connectivity index (χ0v) is 8.00. The molecule has 0 aliphatic heterocycles. The smallest absolute Gasteiger partial charge is 0.258 e. The van der Waals surface area contributed by atoms with Gasteiger partial charge in [-0.15, -0.1) is 0 Å². The molecule has 76 valence electrons. The van der Waals surface area contributed by atoms with Crippen LogP contribution >= 0.6 is 11.6 Å². The van der Waals surface area contributed by atoms with E-state index in [1.165, 1.54) is 22.9 Å². The van der Waals surface area contributed by atoms with Crippen molar-refractivity contribution in [3.63, 3.8) is 0 Å². The van der Waals surface area contributed by atoms with Crippen LogP contribution < -0.4 is 0 Å². The van der Waals surface area contributed by atoms with Gasteiger partial charge in [-0.3, -0.25) is 10.1 Å². The van der Waals surface area contributed by atoms with Crippen LogP contribution in [0, 0.1) is 10.1 Å². The molecule has 2 aromatic rings. The molecule has 0 aliphatic carbocycles. The van der Waals surface area contributed by atoms with Gasteiger partial charge in [-0.2, -0.15) is 4.68 Å². The Balaban J connectivity index is 2.50. The highest BCUT2D eigenvalue weighted by atomic mass is 35.5. The SMILES string of the molecule is O=[N+]([O-])c1cccc(-n2nnnc2Cl)c1. The maximum Gasteiger partial charge on any atom is 0.271 e. The van der Waals surface area contributed by atoms with E-state index in [9.17, 15) is 10.1 Å². The highest BCUT2D eigenvalue weighted by molar-refractivity contribution is 6.28. The summed E-state index contributed by atoms with van der Waals surface area (Å²) < 4.78 is 1.20. The topological polar surface area (TPSA) is 86.7 Å². The molecule has 0 radical (unpaired) electrons. The first-order chi connectivity index (χ1) is 7.18. The summed E-state index contributed by atoms with van der Waals surface area (Å²) in [6.07, 6.45) is 0. The Morgan fingerprint density at radius 3 is 2.87 bits per heavy atom. The third kappa shape index (κ3) is 1.77. The zero-order valence-electron chi connectivity index (χ0n) is 7.24. The van der Waals surface area contributed by atoms with Gasteiger partial charge < -0.3 is 0 Å². The number of rotatable bonds is 2. The van der Waals surface area contributed by atoms with E-state index in [0.29, 0.717) is 5.69 Å². The fourth-order valence-corrected chi connectivity index (χ4v) is 1.24. The molecule has 0 fully saturated rings. The Morgan fingerprint density at radius 2 is 2.27 bits per heavy atom. The Labute approximate surface area is 88.4 Å². The molecule has 0 spiro atoms. The van der Waals surface area contributed by atoms with Crippen LogP contribution in [0.25, 0.3) is 5.69 Å². The zero-order chi connectivity index (χ0) is 10.8. The Kier molecular flexibility index (Phi) is 2.30. The van der Waals surface area contributed by atoms with Crippen LogP contribution in [0.1, 0.15) is 0 Å². The molecule has 2 rings (SSSR count). The van der Waals surface area contributed by atoms with Gasteiger partial charge in [0, 0.05) is 12.1 Å². The van der Waals surface area contributed by atoms with Gasteiger partial charge in [-0.25, -0.2) is 0 Å². The summed E-state index contributed by atoms with van der Waals surface area (Å²) in [5.41, 5.74) is 0.401. The molecular formula is C7H4ClN5O2. The van der Waals surface area contributed by atoms with Crippen molar-refractivity contribution in [1.29, 1.82) is 0 Å². The van der Waals surface area contributed by atoms with E-state index in [-0.39, 0.29) is 11.0 Å². The van der Waals surface area contributed by atoms with Crippen LogP contribution in [0.4, 0.5) is 5.69 Å². The largest absolute Gasteiger partial charge is 0.271 e. The Bertz CT molecular complexity index is 512. The lowest BCUT2D eigenvalue weighted by molar-refractivity contribution is -0.384. The highest BCUT2D eigenvalue weighted by Crippen LogP contribution is 2.17. The van der Waals surface area contributed by atoms with Crippen molar-refractivity contribution in [2.75, 3.05) is 0 Å². The molecular weight excluding hydrogens is 222 g/mol. The van der Waals surface area contributed by atoms with Crippen molar-refractivity contribution in [3.05, 3.63) is 39.7 Å². The minimum absolute atomic E-state index is 0.0425. The maximum absolute atomic E-state index is 10.5. The van der Waals surface area contributed by atoms with Gasteiger partial charge in [0.05, 0.1) is 10.6 Å². The molecule has 0 saturated heterocycles. The summed E-state index contributed by atoms with van der Waals surface area (Å²) in [4.78, 5) is 10.0. The lowest BCUT2D eigenvalue weighted by Crippen LogP contribution is -1.98. The monoisotopic (exact) mass is 225 g/mol. The van der Waals surface area contributed by atoms with E-state index in [4.69, 9.17) is 11.6 Å². The van der Waals surface area contributed by atoms with E-state index >= 15 is 0 Å². The van der Waals surface area contributed by atoms with Gasteiger partial charge in [-0.1, -0.05) is 11.2 Å². The lowest BCUT2D eigenvalue weighted by Gasteiger charge is -1.99. The minimum atomic E-state index is -0.498. The summed E-state index contributed by atoms with van der Waals surface area (Å²) in [5, 5.41) is 21.0. The molecule has 0 amide bonds. The van der Waals surface area contributed by atoms with Gasteiger partial charge in [0.1, 0.15) is 0 Å². The number of nitro groups is 1. The quantitative estimate of drug-likeness (QED) is 0.567. The second kappa shape index (κ2) is 3.62. The van der Waals surface area contributed by atoms with Crippen LogP contribution in [-0.2, 0) is 0 Å². The maximum atomic E-state index is 10.5. The first kappa shape index (κ1) is 9.53. The molecule has 0 bridgehead atoms. The summed E-state index contributed by atoms with van der Waals surface area (Å²) in [7, 11) is 0. The summed E-state index contributed by atoms with van der Waals surface area (Å²) in [5.74, 6) is 0. The molecule has 1 aromatic heterocycles. The third-order valence-electron chi connectivity index (χ3n) is 1.72. The second-order valence-electron chi connectivity index (χ2n) is 2.64. The Morgan fingerprint density at radius 1 is 1.47 bits per heavy atom. The van der Waals surface area contributed by atoms with Crippen LogP contribution in [0.2, 0.25) is 5.28 Å². The number of nitro benzene ring substituents is 1. The molecule has 0 unspecified atom stereocenters. The van der Waals surface area contributed by atoms with Crippen molar-refractivity contribution in [3.8, 4) is 5.69 Å². The van der Waals surface area contributed by atoms with Gasteiger partial charge in [0.15, 0.2) is 0 Å².